The SMILES string of the molecule is Cn1nnc2c(NC(=O)N3CCNCC3)cccc21. The van der Waals surface area contributed by atoms with E-state index >= 15 is 0 Å². The predicted octanol–water partition coefficient (Wildman–Crippen LogP) is 0.405. The number of benzene rings is 1. The Kier molecular flexibility index (Phi) is 3.04. The van der Waals surface area contributed by atoms with Gasteiger partial charge in [0.2, 0.25) is 0 Å². The largest absolute Gasteiger partial charge is 0.322 e. The van der Waals surface area contributed by atoms with Crippen molar-refractivity contribution in [3.05, 3.63) is 18.2 Å². The van der Waals surface area contributed by atoms with E-state index in [0.29, 0.717) is 11.2 Å². The minimum Gasteiger partial charge on any atom is -0.322 e. The predicted molar refractivity (Wildman–Crippen MR) is 72.0 cm³/mol. The van der Waals surface area contributed by atoms with Crippen LogP contribution < -0.4 is 10.6 Å². The number of hydrogen-bond acceptors (Lipinski definition) is 4. The van der Waals surface area contributed by atoms with Crippen LogP contribution in [-0.2, 0) is 7.05 Å². The Labute approximate surface area is 110 Å². The molecule has 7 heteroatoms. The second-order valence-electron chi connectivity index (χ2n) is 4.55. The van der Waals surface area contributed by atoms with E-state index in [9.17, 15) is 4.79 Å². The molecule has 2 aromatic rings. The number of rotatable bonds is 1. The lowest BCUT2D eigenvalue weighted by atomic mass is 10.2. The molecule has 0 atom stereocenters. The summed E-state index contributed by atoms with van der Waals surface area (Å²) in [5.41, 5.74) is 2.32. The van der Waals surface area contributed by atoms with Crippen LogP contribution in [0.25, 0.3) is 11.0 Å². The van der Waals surface area contributed by atoms with Crippen molar-refractivity contribution in [1.29, 1.82) is 0 Å². The first-order valence-electron chi connectivity index (χ1n) is 6.31. The molecule has 0 unspecified atom stereocenters. The van der Waals surface area contributed by atoms with Gasteiger partial charge in [0.1, 0.15) is 5.52 Å². The highest BCUT2D eigenvalue weighted by molar-refractivity contribution is 5.98. The molecule has 0 saturated carbocycles. The number of amides is 2. The van der Waals surface area contributed by atoms with Gasteiger partial charge in [-0.1, -0.05) is 11.3 Å². The van der Waals surface area contributed by atoms with Crippen LogP contribution in [0.1, 0.15) is 0 Å². The molecule has 1 aromatic carbocycles. The van der Waals surface area contributed by atoms with Crippen LogP contribution in [-0.4, -0.2) is 52.1 Å². The van der Waals surface area contributed by atoms with E-state index in [2.05, 4.69) is 20.9 Å². The van der Waals surface area contributed by atoms with E-state index in [0.717, 1.165) is 31.7 Å². The smallest absolute Gasteiger partial charge is 0.321 e. The quantitative estimate of drug-likeness (QED) is 0.778. The van der Waals surface area contributed by atoms with E-state index in [1.165, 1.54) is 0 Å². The number of fused-ring (bicyclic) bond motifs is 1. The number of nitrogens with one attached hydrogen (secondary N) is 2. The Bertz CT molecular complexity index is 601. The molecule has 19 heavy (non-hydrogen) atoms. The normalized spacial score (nSPS) is 15.7. The Balaban J connectivity index is 1.82. The molecule has 7 nitrogen and oxygen atoms in total. The summed E-state index contributed by atoms with van der Waals surface area (Å²) in [6, 6.07) is 5.58. The fourth-order valence-corrected chi connectivity index (χ4v) is 2.22. The van der Waals surface area contributed by atoms with Crippen LogP contribution in [0.2, 0.25) is 0 Å². The number of aryl methyl sites for hydroxylation is 1. The Morgan fingerprint density at radius 2 is 2.16 bits per heavy atom. The maximum absolute atomic E-state index is 12.2. The first-order valence-corrected chi connectivity index (χ1v) is 6.31. The zero-order valence-electron chi connectivity index (χ0n) is 10.8. The molecule has 2 N–H and O–H groups in total. The maximum atomic E-state index is 12.2. The molecule has 0 radical (unpaired) electrons. The molecule has 2 heterocycles. The van der Waals surface area contributed by atoms with Crippen molar-refractivity contribution in [2.45, 2.75) is 0 Å². The lowest BCUT2D eigenvalue weighted by molar-refractivity contribution is 0.204. The van der Waals surface area contributed by atoms with Gasteiger partial charge >= 0.3 is 6.03 Å². The number of nitrogens with zero attached hydrogens (tertiary/aromatic N) is 4. The van der Waals surface area contributed by atoms with Gasteiger partial charge < -0.3 is 15.5 Å². The van der Waals surface area contributed by atoms with Gasteiger partial charge in [0, 0.05) is 33.2 Å². The highest BCUT2D eigenvalue weighted by Crippen LogP contribution is 2.20. The molecule has 100 valence electrons. The zero-order chi connectivity index (χ0) is 13.2. The minimum absolute atomic E-state index is 0.0837. The van der Waals surface area contributed by atoms with Crippen LogP contribution in [0.5, 0.6) is 0 Å². The van der Waals surface area contributed by atoms with E-state index < -0.39 is 0 Å². The second kappa shape index (κ2) is 4.85. The topological polar surface area (TPSA) is 75.1 Å². The summed E-state index contributed by atoms with van der Waals surface area (Å²) in [6.45, 7) is 3.12. The van der Waals surface area contributed by atoms with Crippen molar-refractivity contribution in [3.8, 4) is 0 Å². The highest BCUT2D eigenvalue weighted by atomic mass is 16.2. The standard InChI is InChI=1S/C12H16N6O/c1-17-10-4-2-3-9(11(10)15-16-17)14-12(19)18-7-5-13-6-8-18/h2-4,13H,5-8H2,1H3,(H,14,19). The number of hydrogen-bond donors (Lipinski definition) is 2. The van der Waals surface area contributed by atoms with Gasteiger partial charge in [-0.15, -0.1) is 5.10 Å². The van der Waals surface area contributed by atoms with Gasteiger partial charge in [-0.05, 0) is 12.1 Å². The molecular weight excluding hydrogens is 244 g/mol. The van der Waals surface area contributed by atoms with Crippen LogP contribution in [0.15, 0.2) is 18.2 Å². The van der Waals surface area contributed by atoms with Gasteiger partial charge in [0.15, 0.2) is 0 Å². The molecule has 1 saturated heterocycles. The number of urea groups is 1. The highest BCUT2D eigenvalue weighted by Gasteiger charge is 2.17. The van der Waals surface area contributed by atoms with E-state index in [1.807, 2.05) is 25.2 Å². The average molecular weight is 260 g/mol. The first-order chi connectivity index (χ1) is 9.25. The monoisotopic (exact) mass is 260 g/mol. The number of carbonyl (C=O) groups excluding carboxylic acids is 1. The van der Waals surface area contributed by atoms with Gasteiger partial charge in [0.25, 0.3) is 0 Å². The van der Waals surface area contributed by atoms with Crippen molar-refractivity contribution >= 4 is 22.8 Å². The number of aromatic nitrogens is 3. The number of piperazine rings is 1. The molecule has 1 aliphatic heterocycles. The van der Waals surface area contributed by atoms with Crippen molar-refractivity contribution in [2.24, 2.45) is 7.05 Å². The molecular formula is C12H16N6O. The summed E-state index contributed by atoms with van der Waals surface area (Å²) in [5.74, 6) is 0. The second-order valence-corrected chi connectivity index (χ2v) is 4.55. The lowest BCUT2D eigenvalue weighted by Crippen LogP contribution is -2.48. The summed E-state index contributed by atoms with van der Waals surface area (Å²) in [6.07, 6.45) is 0. The molecule has 1 fully saturated rings. The lowest BCUT2D eigenvalue weighted by Gasteiger charge is -2.27. The fourth-order valence-electron chi connectivity index (χ4n) is 2.22. The van der Waals surface area contributed by atoms with Gasteiger partial charge in [-0.3, -0.25) is 0 Å². The third-order valence-electron chi connectivity index (χ3n) is 3.29. The third kappa shape index (κ3) is 2.24. The fraction of sp³-hybridized carbons (Fsp3) is 0.417. The molecule has 0 bridgehead atoms. The Morgan fingerprint density at radius 1 is 1.37 bits per heavy atom. The summed E-state index contributed by atoms with van der Waals surface area (Å²) in [5, 5.41) is 14.2. The average Bonchev–Trinajstić information content (AvgIpc) is 2.83. The number of carbonyl (C=O) groups is 1. The summed E-state index contributed by atoms with van der Waals surface area (Å²) < 4.78 is 1.69. The zero-order valence-corrected chi connectivity index (χ0v) is 10.8. The van der Waals surface area contributed by atoms with E-state index in [1.54, 1.807) is 9.58 Å². The Hall–Kier alpha value is -2.15. The van der Waals surface area contributed by atoms with Crippen LogP contribution in [0.4, 0.5) is 10.5 Å². The van der Waals surface area contributed by atoms with Crippen LogP contribution >= 0.6 is 0 Å². The molecule has 3 rings (SSSR count). The third-order valence-corrected chi connectivity index (χ3v) is 3.29. The maximum Gasteiger partial charge on any atom is 0.321 e. The summed E-state index contributed by atoms with van der Waals surface area (Å²) in [4.78, 5) is 13.9. The number of anilines is 1. The molecule has 1 aliphatic rings. The molecule has 0 aliphatic carbocycles. The van der Waals surface area contributed by atoms with E-state index in [-0.39, 0.29) is 6.03 Å². The Morgan fingerprint density at radius 3 is 2.95 bits per heavy atom. The molecule has 1 aromatic heterocycles. The van der Waals surface area contributed by atoms with Gasteiger partial charge in [-0.2, -0.15) is 0 Å². The van der Waals surface area contributed by atoms with Crippen molar-refractivity contribution in [1.82, 2.24) is 25.2 Å². The van der Waals surface area contributed by atoms with Crippen molar-refractivity contribution in [2.75, 3.05) is 31.5 Å². The van der Waals surface area contributed by atoms with Crippen molar-refractivity contribution < 1.29 is 4.79 Å². The van der Waals surface area contributed by atoms with Crippen LogP contribution in [0.3, 0.4) is 0 Å². The van der Waals surface area contributed by atoms with Crippen molar-refractivity contribution in [3.63, 3.8) is 0 Å². The van der Waals surface area contributed by atoms with E-state index in [4.69, 9.17) is 0 Å². The molecule has 2 amide bonds. The molecule has 0 spiro atoms. The summed E-state index contributed by atoms with van der Waals surface area (Å²) in [7, 11) is 1.83. The summed E-state index contributed by atoms with van der Waals surface area (Å²) >= 11 is 0. The van der Waals surface area contributed by atoms with Gasteiger partial charge in [-0.25, -0.2) is 9.48 Å². The van der Waals surface area contributed by atoms with Gasteiger partial charge in [0.05, 0.1) is 11.2 Å². The minimum atomic E-state index is -0.0837. The van der Waals surface area contributed by atoms with Crippen LogP contribution in [0, 0.1) is 0 Å². The first kappa shape index (κ1) is 11.9.